The molecule has 0 spiro atoms. The molecule has 1 heterocycles. The zero-order valence-electron chi connectivity index (χ0n) is 8.59. The molecule has 2 rings (SSSR count). The summed E-state index contributed by atoms with van der Waals surface area (Å²) in [7, 11) is 0. The van der Waals surface area contributed by atoms with Gasteiger partial charge in [0.25, 0.3) is 0 Å². The van der Waals surface area contributed by atoms with E-state index in [1.54, 1.807) is 0 Å². The van der Waals surface area contributed by atoms with Crippen molar-refractivity contribution in [1.82, 2.24) is 0 Å². The van der Waals surface area contributed by atoms with Gasteiger partial charge >= 0.3 is 0 Å². The van der Waals surface area contributed by atoms with E-state index in [9.17, 15) is 0 Å². The Labute approximate surface area is 94.2 Å². The van der Waals surface area contributed by atoms with Gasteiger partial charge in [0, 0.05) is 23.2 Å². The minimum Gasteiger partial charge on any atom is -0.372 e. The number of halogens is 1. The first-order chi connectivity index (χ1) is 6.77. The highest BCUT2D eigenvalue weighted by molar-refractivity contribution is 9.10. The number of hydrogen-bond donors (Lipinski definition) is 0. The predicted molar refractivity (Wildman–Crippen MR) is 64.9 cm³/mol. The van der Waals surface area contributed by atoms with Gasteiger partial charge in [-0.1, -0.05) is 22.0 Å². The Morgan fingerprint density at radius 3 is 2.50 bits per heavy atom. The van der Waals surface area contributed by atoms with Crippen LogP contribution in [0, 0.1) is 6.92 Å². The number of aryl methyl sites for hydroxylation is 1. The largest absolute Gasteiger partial charge is 0.372 e. The maximum absolute atomic E-state index is 3.59. The van der Waals surface area contributed by atoms with Gasteiger partial charge in [-0.3, -0.25) is 0 Å². The molecule has 0 N–H and O–H groups in total. The zero-order valence-corrected chi connectivity index (χ0v) is 10.2. The highest BCUT2D eigenvalue weighted by Crippen LogP contribution is 2.25. The second-order valence-corrected chi connectivity index (χ2v) is 4.84. The average molecular weight is 254 g/mol. The summed E-state index contributed by atoms with van der Waals surface area (Å²) < 4.78 is 1.22. The lowest BCUT2D eigenvalue weighted by Crippen LogP contribution is -2.29. The molecule has 0 atom stereocenters. The fourth-order valence-electron chi connectivity index (χ4n) is 1.93. The third-order valence-electron chi connectivity index (χ3n) is 2.88. The molecule has 0 amide bonds. The van der Waals surface area contributed by atoms with E-state index in [0.717, 1.165) is 0 Å². The number of hydrogen-bond acceptors (Lipinski definition) is 1. The predicted octanol–water partition coefficient (Wildman–Crippen LogP) is 3.75. The van der Waals surface area contributed by atoms with Crippen LogP contribution in [0.3, 0.4) is 0 Å². The van der Waals surface area contributed by atoms with Gasteiger partial charge in [0.1, 0.15) is 0 Å². The van der Waals surface area contributed by atoms with Crippen molar-refractivity contribution in [3.63, 3.8) is 0 Å². The topological polar surface area (TPSA) is 3.24 Å². The molecule has 1 saturated heterocycles. The Kier molecular flexibility index (Phi) is 3.12. The van der Waals surface area contributed by atoms with Crippen LogP contribution < -0.4 is 4.90 Å². The Bertz CT molecular complexity index is 316. The van der Waals surface area contributed by atoms with E-state index >= 15 is 0 Å². The number of benzene rings is 1. The van der Waals surface area contributed by atoms with Gasteiger partial charge in [0.2, 0.25) is 0 Å². The summed E-state index contributed by atoms with van der Waals surface area (Å²) in [5.41, 5.74) is 2.67. The summed E-state index contributed by atoms with van der Waals surface area (Å²) in [6.07, 6.45) is 4.07. The van der Waals surface area contributed by atoms with Gasteiger partial charge in [0.05, 0.1) is 0 Å². The van der Waals surface area contributed by atoms with E-state index in [0.29, 0.717) is 0 Å². The van der Waals surface area contributed by atoms with Crippen LogP contribution in [0.2, 0.25) is 0 Å². The van der Waals surface area contributed by atoms with Crippen molar-refractivity contribution in [3.05, 3.63) is 28.2 Å². The van der Waals surface area contributed by atoms with Crippen LogP contribution in [0.4, 0.5) is 5.69 Å². The maximum atomic E-state index is 3.59. The molecule has 0 aliphatic carbocycles. The number of nitrogens with zero attached hydrogens (tertiary/aromatic N) is 1. The normalized spacial score (nSPS) is 17.1. The molecule has 1 aromatic carbocycles. The molecular weight excluding hydrogens is 238 g/mol. The standard InChI is InChI=1S/C12H16BrN/c1-10-5-6-11(9-12(10)13)14-7-3-2-4-8-14/h5-6,9H,2-4,7-8H2,1H3. The minimum absolute atomic E-state index is 1.22. The molecule has 76 valence electrons. The summed E-state index contributed by atoms with van der Waals surface area (Å²) in [4.78, 5) is 2.48. The third-order valence-corrected chi connectivity index (χ3v) is 3.73. The van der Waals surface area contributed by atoms with E-state index in [2.05, 4.69) is 46.0 Å². The maximum Gasteiger partial charge on any atom is 0.0377 e. The Morgan fingerprint density at radius 2 is 1.86 bits per heavy atom. The third kappa shape index (κ3) is 2.11. The van der Waals surface area contributed by atoms with E-state index < -0.39 is 0 Å². The van der Waals surface area contributed by atoms with Crippen molar-refractivity contribution in [2.24, 2.45) is 0 Å². The van der Waals surface area contributed by atoms with Crippen molar-refractivity contribution in [2.75, 3.05) is 18.0 Å². The van der Waals surface area contributed by atoms with Crippen LogP contribution >= 0.6 is 15.9 Å². The summed E-state index contributed by atoms with van der Waals surface area (Å²) in [6, 6.07) is 6.65. The van der Waals surface area contributed by atoms with E-state index in [1.807, 2.05) is 0 Å². The van der Waals surface area contributed by atoms with Crippen LogP contribution in [-0.2, 0) is 0 Å². The SMILES string of the molecule is Cc1ccc(N2CCCCC2)cc1Br. The average Bonchev–Trinajstić information content (AvgIpc) is 2.23. The van der Waals surface area contributed by atoms with Crippen molar-refractivity contribution < 1.29 is 0 Å². The monoisotopic (exact) mass is 253 g/mol. The second-order valence-electron chi connectivity index (χ2n) is 3.98. The van der Waals surface area contributed by atoms with E-state index in [1.165, 1.54) is 48.1 Å². The highest BCUT2D eigenvalue weighted by atomic mass is 79.9. The van der Waals surface area contributed by atoms with Crippen LogP contribution in [0.15, 0.2) is 22.7 Å². The fourth-order valence-corrected chi connectivity index (χ4v) is 2.30. The molecule has 0 aromatic heterocycles. The molecule has 1 aliphatic rings. The molecule has 1 nitrogen and oxygen atoms in total. The van der Waals surface area contributed by atoms with Gasteiger partial charge in [-0.15, -0.1) is 0 Å². The van der Waals surface area contributed by atoms with Crippen molar-refractivity contribution in [1.29, 1.82) is 0 Å². The Balaban J connectivity index is 2.18. The van der Waals surface area contributed by atoms with Crippen molar-refractivity contribution in [3.8, 4) is 0 Å². The number of rotatable bonds is 1. The lowest BCUT2D eigenvalue weighted by molar-refractivity contribution is 0.578. The Hall–Kier alpha value is -0.500. The first kappa shape index (κ1) is 10.0. The van der Waals surface area contributed by atoms with Crippen molar-refractivity contribution >= 4 is 21.6 Å². The van der Waals surface area contributed by atoms with Gasteiger partial charge in [-0.05, 0) is 43.9 Å². The van der Waals surface area contributed by atoms with Crippen LogP contribution in [0.1, 0.15) is 24.8 Å². The van der Waals surface area contributed by atoms with Crippen LogP contribution in [0.5, 0.6) is 0 Å². The summed E-state index contributed by atoms with van der Waals surface area (Å²) >= 11 is 3.59. The lowest BCUT2D eigenvalue weighted by atomic mass is 10.1. The molecule has 0 saturated carbocycles. The molecule has 0 bridgehead atoms. The minimum atomic E-state index is 1.22. The molecule has 0 radical (unpaired) electrons. The van der Waals surface area contributed by atoms with Gasteiger partial charge in [0.15, 0.2) is 0 Å². The van der Waals surface area contributed by atoms with Crippen LogP contribution in [-0.4, -0.2) is 13.1 Å². The molecule has 14 heavy (non-hydrogen) atoms. The molecule has 1 aromatic rings. The molecule has 1 fully saturated rings. The highest BCUT2D eigenvalue weighted by Gasteiger charge is 2.11. The van der Waals surface area contributed by atoms with Crippen LogP contribution in [0.25, 0.3) is 0 Å². The first-order valence-electron chi connectivity index (χ1n) is 5.28. The van der Waals surface area contributed by atoms with E-state index in [4.69, 9.17) is 0 Å². The lowest BCUT2D eigenvalue weighted by Gasteiger charge is -2.29. The van der Waals surface area contributed by atoms with Gasteiger partial charge in [-0.2, -0.15) is 0 Å². The van der Waals surface area contributed by atoms with Gasteiger partial charge in [-0.25, -0.2) is 0 Å². The summed E-state index contributed by atoms with van der Waals surface area (Å²) in [6.45, 7) is 4.56. The van der Waals surface area contributed by atoms with E-state index in [-0.39, 0.29) is 0 Å². The zero-order chi connectivity index (χ0) is 9.97. The van der Waals surface area contributed by atoms with Gasteiger partial charge < -0.3 is 4.90 Å². The second kappa shape index (κ2) is 4.35. The molecule has 0 unspecified atom stereocenters. The Morgan fingerprint density at radius 1 is 1.14 bits per heavy atom. The molecule has 1 aliphatic heterocycles. The smallest absolute Gasteiger partial charge is 0.0377 e. The quantitative estimate of drug-likeness (QED) is 0.737. The number of piperidine rings is 1. The number of anilines is 1. The summed E-state index contributed by atoms with van der Waals surface area (Å²) in [5.74, 6) is 0. The molecule has 2 heteroatoms. The van der Waals surface area contributed by atoms with Crippen molar-refractivity contribution in [2.45, 2.75) is 26.2 Å². The molecular formula is C12H16BrN. The fraction of sp³-hybridized carbons (Fsp3) is 0.500. The first-order valence-corrected chi connectivity index (χ1v) is 6.08. The summed E-state index contributed by atoms with van der Waals surface area (Å²) in [5, 5.41) is 0.